The Balaban J connectivity index is 1.49. The maximum atomic E-state index is 12.4. The lowest BCUT2D eigenvalue weighted by Crippen LogP contribution is -2.33. The van der Waals surface area contributed by atoms with Crippen LogP contribution in [-0.4, -0.2) is 35.4 Å². The van der Waals surface area contributed by atoms with E-state index in [0.717, 1.165) is 25.3 Å². The highest BCUT2D eigenvalue weighted by molar-refractivity contribution is 7.99. The lowest BCUT2D eigenvalue weighted by Gasteiger charge is -2.20. The van der Waals surface area contributed by atoms with E-state index in [1.54, 1.807) is 23.5 Å². The van der Waals surface area contributed by atoms with Gasteiger partial charge in [-0.3, -0.25) is 9.59 Å². The molecule has 5 heteroatoms. The third-order valence-corrected chi connectivity index (χ3v) is 6.66. The van der Waals surface area contributed by atoms with Gasteiger partial charge >= 0.3 is 0 Å². The minimum atomic E-state index is 0.0459. The zero-order valence-corrected chi connectivity index (χ0v) is 15.2. The smallest absolute Gasteiger partial charge is 0.223 e. The molecule has 126 valence electrons. The first-order valence-electron chi connectivity index (χ1n) is 8.25. The highest BCUT2D eigenvalue weighted by Crippen LogP contribution is 2.36. The van der Waals surface area contributed by atoms with Crippen molar-refractivity contribution in [2.24, 2.45) is 0 Å². The molecule has 24 heavy (non-hydrogen) atoms. The Labute approximate surface area is 151 Å². The van der Waals surface area contributed by atoms with Gasteiger partial charge in [0.15, 0.2) is 5.78 Å². The van der Waals surface area contributed by atoms with Gasteiger partial charge < -0.3 is 4.90 Å². The largest absolute Gasteiger partial charge is 0.342 e. The van der Waals surface area contributed by atoms with Gasteiger partial charge in [-0.1, -0.05) is 36.4 Å². The molecule has 0 bridgehead atoms. The van der Waals surface area contributed by atoms with E-state index in [4.69, 9.17) is 0 Å². The van der Waals surface area contributed by atoms with Crippen LogP contribution >= 0.6 is 23.1 Å². The maximum Gasteiger partial charge on any atom is 0.223 e. The molecule has 2 heterocycles. The van der Waals surface area contributed by atoms with E-state index < -0.39 is 0 Å². The highest BCUT2D eigenvalue weighted by Gasteiger charge is 2.22. The molecule has 0 spiro atoms. The molecular weight excluding hydrogens is 338 g/mol. The molecule has 1 unspecified atom stereocenters. The number of carbonyl (C=O) groups excluding carboxylic acids is 2. The molecule has 0 saturated carbocycles. The van der Waals surface area contributed by atoms with Crippen LogP contribution in [0.4, 0.5) is 0 Å². The number of ketones is 1. The first-order valence-corrected chi connectivity index (χ1v) is 10.2. The quantitative estimate of drug-likeness (QED) is 0.742. The van der Waals surface area contributed by atoms with E-state index in [1.807, 2.05) is 34.9 Å². The normalized spacial score (nSPS) is 18.2. The fourth-order valence-corrected chi connectivity index (χ4v) is 5.11. The fourth-order valence-electron chi connectivity index (χ4n) is 2.87. The van der Waals surface area contributed by atoms with Crippen LogP contribution in [0.25, 0.3) is 0 Å². The summed E-state index contributed by atoms with van der Waals surface area (Å²) in [5.41, 5.74) is 0.689. The predicted octanol–water partition coefficient (Wildman–Crippen LogP) is 4.42. The summed E-state index contributed by atoms with van der Waals surface area (Å²) in [6, 6.07) is 13.5. The van der Waals surface area contributed by atoms with Gasteiger partial charge in [0.25, 0.3) is 0 Å². The Hall–Kier alpha value is -1.59. The second kappa shape index (κ2) is 8.49. The van der Waals surface area contributed by atoms with Crippen LogP contribution < -0.4 is 0 Å². The summed E-state index contributed by atoms with van der Waals surface area (Å²) < 4.78 is 0. The molecule has 2 aromatic rings. The maximum absolute atomic E-state index is 12.4. The monoisotopic (exact) mass is 359 g/mol. The Morgan fingerprint density at radius 2 is 1.88 bits per heavy atom. The Morgan fingerprint density at radius 1 is 1.04 bits per heavy atom. The van der Waals surface area contributed by atoms with E-state index in [9.17, 15) is 9.59 Å². The van der Waals surface area contributed by atoms with Gasteiger partial charge in [0.2, 0.25) is 5.91 Å². The van der Waals surface area contributed by atoms with Crippen LogP contribution in [0.3, 0.4) is 0 Å². The van der Waals surface area contributed by atoms with Gasteiger partial charge in [-0.15, -0.1) is 11.3 Å². The first-order chi connectivity index (χ1) is 11.7. The molecule has 0 N–H and O–H groups in total. The Kier molecular flexibility index (Phi) is 6.10. The number of carbonyl (C=O) groups is 2. The number of nitrogens with zero attached hydrogens (tertiary/aromatic N) is 1. The van der Waals surface area contributed by atoms with Gasteiger partial charge in [-0.25, -0.2) is 0 Å². The number of benzene rings is 1. The third kappa shape index (κ3) is 4.48. The van der Waals surface area contributed by atoms with E-state index in [-0.39, 0.29) is 11.7 Å². The molecular formula is C19H21NO2S2. The van der Waals surface area contributed by atoms with Crippen molar-refractivity contribution < 1.29 is 9.59 Å². The minimum absolute atomic E-state index is 0.0459. The van der Waals surface area contributed by atoms with Gasteiger partial charge in [0.05, 0.1) is 0 Å². The summed E-state index contributed by atoms with van der Waals surface area (Å²) in [6.07, 6.45) is 1.59. The molecule has 3 nitrogen and oxygen atoms in total. The van der Waals surface area contributed by atoms with Crippen LogP contribution in [0.5, 0.6) is 0 Å². The van der Waals surface area contributed by atoms with Crippen LogP contribution in [0, 0.1) is 0 Å². The molecule has 1 fully saturated rings. The van der Waals surface area contributed by atoms with Crippen molar-refractivity contribution in [1.82, 2.24) is 4.90 Å². The number of thiophene rings is 1. The molecule has 1 aliphatic heterocycles. The lowest BCUT2D eigenvalue weighted by atomic mass is 10.1. The van der Waals surface area contributed by atoms with Gasteiger partial charge in [-0.05, 0) is 17.9 Å². The number of hydrogen-bond donors (Lipinski definition) is 0. The zero-order chi connectivity index (χ0) is 16.8. The van der Waals surface area contributed by atoms with Crippen molar-refractivity contribution in [3.8, 4) is 0 Å². The van der Waals surface area contributed by atoms with Crippen molar-refractivity contribution in [2.75, 3.05) is 18.8 Å². The Morgan fingerprint density at radius 3 is 2.62 bits per heavy atom. The van der Waals surface area contributed by atoms with Crippen molar-refractivity contribution in [3.63, 3.8) is 0 Å². The zero-order valence-electron chi connectivity index (χ0n) is 13.5. The SMILES string of the molecule is O=C(CCC(=O)N1CCSC(c2cccs2)CC1)c1ccccc1. The first kappa shape index (κ1) is 17.2. The third-order valence-electron chi connectivity index (χ3n) is 4.22. The van der Waals surface area contributed by atoms with Crippen molar-refractivity contribution in [3.05, 3.63) is 58.3 Å². The Bertz CT molecular complexity index is 670. The lowest BCUT2D eigenvalue weighted by molar-refractivity contribution is -0.130. The van der Waals surface area contributed by atoms with Crippen LogP contribution in [0.2, 0.25) is 0 Å². The average molecular weight is 360 g/mol. The number of thioether (sulfide) groups is 1. The second-order valence-corrected chi connectivity index (χ2v) is 8.12. The topological polar surface area (TPSA) is 37.4 Å². The molecule has 1 saturated heterocycles. The van der Waals surface area contributed by atoms with Gasteiger partial charge in [-0.2, -0.15) is 11.8 Å². The van der Waals surface area contributed by atoms with Gasteiger partial charge in [0, 0.05) is 47.4 Å². The van der Waals surface area contributed by atoms with Crippen LogP contribution in [-0.2, 0) is 4.79 Å². The van der Waals surface area contributed by atoms with E-state index in [2.05, 4.69) is 17.5 Å². The number of Topliss-reactive ketones (excluding diaryl/α,β-unsaturated/α-hetero) is 1. The van der Waals surface area contributed by atoms with Crippen LogP contribution in [0.1, 0.15) is 39.7 Å². The predicted molar refractivity (Wildman–Crippen MR) is 101 cm³/mol. The minimum Gasteiger partial charge on any atom is -0.342 e. The molecule has 0 radical (unpaired) electrons. The van der Waals surface area contributed by atoms with E-state index in [1.165, 1.54) is 4.88 Å². The summed E-state index contributed by atoms with van der Waals surface area (Å²) in [7, 11) is 0. The summed E-state index contributed by atoms with van der Waals surface area (Å²) in [5, 5.41) is 2.60. The van der Waals surface area contributed by atoms with Crippen LogP contribution in [0.15, 0.2) is 47.8 Å². The summed E-state index contributed by atoms with van der Waals surface area (Å²) in [6.45, 7) is 1.57. The molecule has 1 aromatic carbocycles. The second-order valence-electron chi connectivity index (χ2n) is 5.83. The molecule has 1 aliphatic rings. The number of hydrogen-bond acceptors (Lipinski definition) is 4. The molecule has 1 amide bonds. The molecule has 0 aliphatic carbocycles. The standard InChI is InChI=1S/C19H21NO2S2/c21-16(15-5-2-1-3-6-15)8-9-19(22)20-11-10-18(24-14-12-20)17-7-4-13-23-17/h1-7,13,18H,8-12,14H2. The average Bonchev–Trinajstić information content (AvgIpc) is 3.04. The highest BCUT2D eigenvalue weighted by atomic mass is 32.2. The molecule has 1 aromatic heterocycles. The fraction of sp³-hybridized carbons (Fsp3) is 0.368. The number of rotatable bonds is 5. The summed E-state index contributed by atoms with van der Waals surface area (Å²) in [4.78, 5) is 27.9. The molecule has 1 atom stereocenters. The van der Waals surface area contributed by atoms with Crippen molar-refractivity contribution in [2.45, 2.75) is 24.5 Å². The van der Waals surface area contributed by atoms with E-state index in [0.29, 0.717) is 23.7 Å². The molecule has 3 rings (SSSR count). The van der Waals surface area contributed by atoms with Gasteiger partial charge in [0.1, 0.15) is 0 Å². The van der Waals surface area contributed by atoms with E-state index >= 15 is 0 Å². The summed E-state index contributed by atoms with van der Waals surface area (Å²) >= 11 is 3.72. The van der Waals surface area contributed by atoms with Crippen molar-refractivity contribution >= 4 is 34.8 Å². The van der Waals surface area contributed by atoms with Crippen molar-refractivity contribution in [1.29, 1.82) is 0 Å². The summed E-state index contributed by atoms with van der Waals surface area (Å²) in [5.74, 6) is 1.11. The number of amides is 1.